The first kappa shape index (κ1) is 15.7. The van der Waals surface area contributed by atoms with Gasteiger partial charge in [0.25, 0.3) is 0 Å². The van der Waals surface area contributed by atoms with Crippen molar-refractivity contribution < 1.29 is 20.1 Å². The van der Waals surface area contributed by atoms with Crippen molar-refractivity contribution in [2.75, 3.05) is 33.4 Å². The van der Waals surface area contributed by atoms with Crippen molar-refractivity contribution in [1.29, 1.82) is 0 Å². The van der Waals surface area contributed by atoms with E-state index in [-0.39, 0.29) is 19.3 Å². The normalized spacial score (nSPS) is 30.9. The number of rotatable bonds is 5. The molecule has 0 aromatic heterocycles. The van der Waals surface area contributed by atoms with Crippen molar-refractivity contribution in [3.63, 3.8) is 0 Å². The van der Waals surface area contributed by atoms with E-state index in [1.165, 1.54) is 5.56 Å². The molecule has 1 fully saturated rings. The van der Waals surface area contributed by atoms with E-state index >= 15 is 0 Å². The third kappa shape index (κ3) is 2.33. The maximum absolute atomic E-state index is 10.9. The summed E-state index contributed by atoms with van der Waals surface area (Å²) in [6, 6.07) is 5.96. The van der Waals surface area contributed by atoms with Crippen LogP contribution in [0.3, 0.4) is 0 Å². The summed E-state index contributed by atoms with van der Waals surface area (Å²) in [5.74, 6) is 0.764. The molecule has 22 heavy (non-hydrogen) atoms. The fourth-order valence-electron chi connectivity index (χ4n) is 4.12. The van der Waals surface area contributed by atoms with Gasteiger partial charge in [-0.25, -0.2) is 0 Å². The predicted molar refractivity (Wildman–Crippen MR) is 83.1 cm³/mol. The average molecular weight is 307 g/mol. The van der Waals surface area contributed by atoms with Gasteiger partial charge in [-0.05, 0) is 49.1 Å². The summed E-state index contributed by atoms with van der Waals surface area (Å²) in [4.78, 5) is 2.25. The van der Waals surface area contributed by atoms with Crippen molar-refractivity contribution in [3.05, 3.63) is 29.3 Å². The summed E-state index contributed by atoms with van der Waals surface area (Å²) >= 11 is 0. The van der Waals surface area contributed by atoms with Gasteiger partial charge in [-0.15, -0.1) is 0 Å². The second-order valence-electron chi connectivity index (χ2n) is 6.42. The Balaban J connectivity index is 1.99. The number of methoxy groups -OCH3 is 1. The number of likely N-dealkylation sites (tertiary alicyclic amines) is 1. The van der Waals surface area contributed by atoms with Crippen LogP contribution in [0.15, 0.2) is 18.2 Å². The van der Waals surface area contributed by atoms with E-state index in [2.05, 4.69) is 4.90 Å². The van der Waals surface area contributed by atoms with E-state index in [9.17, 15) is 10.2 Å². The molecule has 1 aromatic rings. The van der Waals surface area contributed by atoms with Crippen molar-refractivity contribution >= 4 is 0 Å². The standard InChI is InChI=1S/C17H25NO4/c1-22-13-4-3-12-9-15-16(21)17(11-20,14(12)10-13)5-7-18(15)6-2-8-19/h3-4,10,15-16,19-21H,2,5-9,11H2,1H3/t15?,16-,17?/m1/s1. The first-order valence-corrected chi connectivity index (χ1v) is 7.97. The Hall–Kier alpha value is -1.14. The zero-order chi connectivity index (χ0) is 15.7. The topological polar surface area (TPSA) is 73.2 Å². The fraction of sp³-hybridized carbons (Fsp3) is 0.647. The summed E-state index contributed by atoms with van der Waals surface area (Å²) in [6.45, 7) is 1.72. The number of aliphatic hydroxyl groups is 3. The minimum Gasteiger partial charge on any atom is -0.497 e. The highest BCUT2D eigenvalue weighted by molar-refractivity contribution is 5.45. The smallest absolute Gasteiger partial charge is 0.119 e. The molecule has 0 amide bonds. The van der Waals surface area contributed by atoms with E-state index < -0.39 is 11.5 Å². The van der Waals surface area contributed by atoms with Crippen LogP contribution in [0.1, 0.15) is 24.0 Å². The van der Waals surface area contributed by atoms with Gasteiger partial charge < -0.3 is 20.1 Å². The molecule has 3 rings (SSSR count). The lowest BCUT2D eigenvalue weighted by atomic mass is 9.62. The first-order chi connectivity index (χ1) is 10.7. The molecule has 3 N–H and O–H groups in total. The summed E-state index contributed by atoms with van der Waals surface area (Å²) in [5.41, 5.74) is 1.61. The van der Waals surface area contributed by atoms with Crippen LogP contribution in [0.4, 0.5) is 0 Å². The van der Waals surface area contributed by atoms with Gasteiger partial charge in [-0.3, -0.25) is 4.90 Å². The Morgan fingerprint density at radius 3 is 2.86 bits per heavy atom. The van der Waals surface area contributed by atoms with Gasteiger partial charge in [-0.2, -0.15) is 0 Å². The summed E-state index contributed by atoms with van der Waals surface area (Å²) in [7, 11) is 1.63. The quantitative estimate of drug-likeness (QED) is 0.730. The minimum absolute atomic E-state index is 0.00773. The lowest BCUT2D eigenvalue weighted by Crippen LogP contribution is -2.64. The van der Waals surface area contributed by atoms with Crippen LogP contribution in [0.2, 0.25) is 0 Å². The fourth-order valence-corrected chi connectivity index (χ4v) is 4.12. The van der Waals surface area contributed by atoms with Gasteiger partial charge in [0.2, 0.25) is 0 Å². The van der Waals surface area contributed by atoms with Crippen LogP contribution in [0.5, 0.6) is 5.75 Å². The molecule has 2 aliphatic rings. The van der Waals surface area contributed by atoms with Gasteiger partial charge in [0.1, 0.15) is 5.75 Å². The zero-order valence-electron chi connectivity index (χ0n) is 13.0. The van der Waals surface area contributed by atoms with Crippen molar-refractivity contribution in [1.82, 2.24) is 4.90 Å². The molecular formula is C17H25NO4. The second kappa shape index (κ2) is 6.16. The summed E-state index contributed by atoms with van der Waals surface area (Å²) in [5, 5.41) is 30.0. The monoisotopic (exact) mass is 307 g/mol. The molecule has 0 radical (unpaired) electrons. The molecular weight excluding hydrogens is 282 g/mol. The van der Waals surface area contributed by atoms with Gasteiger partial charge >= 0.3 is 0 Å². The van der Waals surface area contributed by atoms with Crippen LogP contribution >= 0.6 is 0 Å². The zero-order valence-corrected chi connectivity index (χ0v) is 13.0. The minimum atomic E-state index is -0.595. The molecule has 2 bridgehead atoms. The average Bonchev–Trinajstić information content (AvgIpc) is 2.55. The SMILES string of the molecule is COc1ccc2c(c1)C1(CO)CCN(CCCO)C(C2)[C@H]1O. The molecule has 5 nitrogen and oxygen atoms in total. The van der Waals surface area contributed by atoms with Gasteiger partial charge in [0.05, 0.1) is 19.8 Å². The number of piperidine rings is 1. The molecule has 1 aromatic carbocycles. The predicted octanol–water partition coefficient (Wildman–Crippen LogP) is 0.299. The molecule has 122 valence electrons. The first-order valence-electron chi connectivity index (χ1n) is 7.97. The van der Waals surface area contributed by atoms with Crippen LogP contribution in [-0.4, -0.2) is 65.8 Å². The third-order valence-electron chi connectivity index (χ3n) is 5.41. The maximum Gasteiger partial charge on any atom is 0.119 e. The van der Waals surface area contributed by atoms with E-state index in [4.69, 9.17) is 9.84 Å². The molecule has 1 heterocycles. The summed E-state index contributed by atoms with van der Waals surface area (Å²) in [6.07, 6.45) is 1.61. The number of fused-ring (bicyclic) bond motifs is 4. The number of hydrogen-bond donors (Lipinski definition) is 3. The molecule has 0 spiro atoms. The molecule has 5 heteroatoms. The Morgan fingerprint density at radius 1 is 1.36 bits per heavy atom. The molecule has 1 aliphatic carbocycles. The number of hydrogen-bond acceptors (Lipinski definition) is 5. The Kier molecular flexibility index (Phi) is 4.41. The molecule has 2 unspecified atom stereocenters. The van der Waals surface area contributed by atoms with Crippen molar-refractivity contribution in [2.24, 2.45) is 0 Å². The lowest BCUT2D eigenvalue weighted by molar-refractivity contribution is -0.0768. The second-order valence-corrected chi connectivity index (χ2v) is 6.42. The highest BCUT2D eigenvalue weighted by Crippen LogP contribution is 2.46. The molecule has 0 saturated carbocycles. The third-order valence-corrected chi connectivity index (χ3v) is 5.41. The Morgan fingerprint density at radius 2 is 2.18 bits per heavy atom. The Labute approximate surface area is 131 Å². The van der Waals surface area contributed by atoms with Gasteiger partial charge in [-0.1, -0.05) is 6.07 Å². The van der Waals surface area contributed by atoms with E-state index in [0.717, 1.165) is 30.8 Å². The van der Waals surface area contributed by atoms with Crippen LogP contribution in [-0.2, 0) is 11.8 Å². The number of aliphatic hydroxyl groups excluding tert-OH is 3. The Bertz CT molecular complexity index is 535. The number of benzene rings is 1. The van der Waals surface area contributed by atoms with E-state index in [0.29, 0.717) is 12.8 Å². The largest absolute Gasteiger partial charge is 0.497 e. The van der Waals surface area contributed by atoms with E-state index in [1.54, 1.807) is 7.11 Å². The van der Waals surface area contributed by atoms with Gasteiger partial charge in [0, 0.05) is 24.6 Å². The van der Waals surface area contributed by atoms with Crippen molar-refractivity contribution in [2.45, 2.75) is 36.8 Å². The molecule has 1 aliphatic heterocycles. The molecule has 1 saturated heterocycles. The highest BCUT2D eigenvalue weighted by Gasteiger charge is 2.52. The number of ether oxygens (including phenoxy) is 1. The highest BCUT2D eigenvalue weighted by atomic mass is 16.5. The van der Waals surface area contributed by atoms with Gasteiger partial charge in [0.15, 0.2) is 0 Å². The van der Waals surface area contributed by atoms with Crippen molar-refractivity contribution in [3.8, 4) is 5.75 Å². The van der Waals surface area contributed by atoms with Crippen LogP contribution in [0.25, 0.3) is 0 Å². The van der Waals surface area contributed by atoms with E-state index in [1.807, 2.05) is 18.2 Å². The van der Waals surface area contributed by atoms with Crippen LogP contribution < -0.4 is 4.74 Å². The number of nitrogens with zero attached hydrogens (tertiary/aromatic N) is 1. The summed E-state index contributed by atoms with van der Waals surface area (Å²) < 4.78 is 5.32. The van der Waals surface area contributed by atoms with Crippen LogP contribution in [0, 0.1) is 0 Å². The maximum atomic E-state index is 10.9. The lowest BCUT2D eigenvalue weighted by Gasteiger charge is -2.54. The molecule has 3 atom stereocenters.